The second-order valence-electron chi connectivity index (χ2n) is 4.94. The van der Waals surface area contributed by atoms with Gasteiger partial charge in [0.25, 0.3) is 0 Å². The summed E-state index contributed by atoms with van der Waals surface area (Å²) in [5.41, 5.74) is 2.29. The molecule has 120 valence electrons. The summed E-state index contributed by atoms with van der Waals surface area (Å²) >= 11 is 1.36. The van der Waals surface area contributed by atoms with Gasteiger partial charge < -0.3 is 4.74 Å². The van der Waals surface area contributed by atoms with Gasteiger partial charge in [0.2, 0.25) is 0 Å². The molecule has 0 radical (unpaired) electrons. The predicted molar refractivity (Wildman–Crippen MR) is 93.3 cm³/mol. The number of Topliss-reactive ketones (excluding diaryl/α,β-unsaturated/α-hetero) is 1. The second kappa shape index (κ2) is 7.70. The summed E-state index contributed by atoms with van der Waals surface area (Å²) in [6.45, 7) is 0. The molecule has 0 aliphatic carbocycles. The van der Waals surface area contributed by atoms with Gasteiger partial charge in [0.15, 0.2) is 5.78 Å². The smallest absolute Gasteiger partial charge is 0.173 e. The Labute approximate surface area is 144 Å². The number of hydrogen-bond acceptors (Lipinski definition) is 6. The molecular formula is C18H15N3O2S. The average Bonchev–Trinajstić information content (AvgIpc) is 2.67. The van der Waals surface area contributed by atoms with Gasteiger partial charge in [-0.2, -0.15) is 0 Å². The standard InChI is InChI=1S/C18H15N3O2S/c1-23-15-6-2-4-13(10-15)17(22)12-24-18-8-7-16(20-21-18)14-5-3-9-19-11-14/h2-11H,12H2,1H3. The first-order valence-electron chi connectivity index (χ1n) is 7.30. The van der Waals surface area contributed by atoms with Crippen molar-refractivity contribution in [3.63, 3.8) is 0 Å². The molecule has 1 aromatic carbocycles. The van der Waals surface area contributed by atoms with Crippen LogP contribution in [-0.2, 0) is 0 Å². The molecule has 0 fully saturated rings. The highest BCUT2D eigenvalue weighted by Gasteiger charge is 2.09. The first-order chi connectivity index (χ1) is 11.8. The van der Waals surface area contributed by atoms with Crippen LogP contribution in [0.4, 0.5) is 0 Å². The maximum Gasteiger partial charge on any atom is 0.173 e. The number of nitrogens with zero attached hydrogens (tertiary/aromatic N) is 3. The summed E-state index contributed by atoms with van der Waals surface area (Å²) in [6.07, 6.45) is 3.45. The van der Waals surface area contributed by atoms with Crippen molar-refractivity contribution < 1.29 is 9.53 Å². The van der Waals surface area contributed by atoms with Crippen molar-refractivity contribution in [2.24, 2.45) is 0 Å². The maximum absolute atomic E-state index is 12.2. The Morgan fingerprint density at radius 1 is 1.12 bits per heavy atom. The first-order valence-corrected chi connectivity index (χ1v) is 8.29. The summed E-state index contributed by atoms with van der Waals surface area (Å²) in [6, 6.07) is 14.7. The third-order valence-electron chi connectivity index (χ3n) is 3.34. The van der Waals surface area contributed by atoms with Crippen LogP contribution in [-0.4, -0.2) is 33.8 Å². The Morgan fingerprint density at radius 3 is 2.75 bits per heavy atom. The molecule has 2 aromatic heterocycles. The number of hydrogen-bond donors (Lipinski definition) is 0. The fourth-order valence-corrected chi connectivity index (χ4v) is 2.79. The van der Waals surface area contributed by atoms with Crippen molar-refractivity contribution in [2.75, 3.05) is 12.9 Å². The highest BCUT2D eigenvalue weighted by molar-refractivity contribution is 7.99. The van der Waals surface area contributed by atoms with Crippen LogP contribution in [0.2, 0.25) is 0 Å². The van der Waals surface area contributed by atoms with Gasteiger partial charge >= 0.3 is 0 Å². The van der Waals surface area contributed by atoms with Crippen molar-refractivity contribution in [1.29, 1.82) is 0 Å². The summed E-state index contributed by atoms with van der Waals surface area (Å²) in [5.74, 6) is 0.997. The highest BCUT2D eigenvalue weighted by atomic mass is 32.2. The maximum atomic E-state index is 12.2. The van der Waals surface area contributed by atoms with Gasteiger partial charge in [-0.15, -0.1) is 10.2 Å². The average molecular weight is 337 g/mol. The van der Waals surface area contributed by atoms with Crippen LogP contribution >= 0.6 is 11.8 Å². The number of methoxy groups -OCH3 is 1. The van der Waals surface area contributed by atoms with E-state index in [4.69, 9.17) is 4.74 Å². The van der Waals surface area contributed by atoms with Crippen LogP contribution < -0.4 is 4.74 Å². The van der Waals surface area contributed by atoms with Gasteiger partial charge in [-0.3, -0.25) is 9.78 Å². The largest absolute Gasteiger partial charge is 0.497 e. The summed E-state index contributed by atoms with van der Waals surface area (Å²) < 4.78 is 5.14. The summed E-state index contributed by atoms with van der Waals surface area (Å²) in [4.78, 5) is 16.3. The van der Waals surface area contributed by atoms with E-state index in [1.807, 2.05) is 30.3 Å². The van der Waals surface area contributed by atoms with E-state index >= 15 is 0 Å². The van der Waals surface area contributed by atoms with E-state index < -0.39 is 0 Å². The molecule has 0 N–H and O–H groups in total. The van der Waals surface area contributed by atoms with Gasteiger partial charge in [0.1, 0.15) is 10.8 Å². The lowest BCUT2D eigenvalue weighted by molar-refractivity contribution is 0.102. The fraction of sp³-hybridized carbons (Fsp3) is 0.111. The van der Waals surface area contributed by atoms with E-state index in [1.165, 1.54) is 11.8 Å². The SMILES string of the molecule is COc1cccc(C(=O)CSc2ccc(-c3cccnc3)nn2)c1. The minimum Gasteiger partial charge on any atom is -0.497 e. The quantitative estimate of drug-likeness (QED) is 0.506. The van der Waals surface area contributed by atoms with Gasteiger partial charge in [-0.1, -0.05) is 23.9 Å². The molecule has 0 aliphatic heterocycles. The van der Waals surface area contributed by atoms with Crippen LogP contribution in [0.3, 0.4) is 0 Å². The fourth-order valence-electron chi connectivity index (χ4n) is 2.08. The third-order valence-corrected chi connectivity index (χ3v) is 4.26. The molecule has 0 atom stereocenters. The lowest BCUT2D eigenvalue weighted by Crippen LogP contribution is -2.03. The number of carbonyl (C=O) groups excluding carboxylic acids is 1. The number of carbonyl (C=O) groups is 1. The number of rotatable bonds is 6. The minimum atomic E-state index is 0.0250. The molecular weight excluding hydrogens is 322 g/mol. The summed E-state index contributed by atoms with van der Waals surface area (Å²) in [7, 11) is 1.58. The van der Waals surface area contributed by atoms with Crippen LogP contribution in [0.1, 0.15) is 10.4 Å². The molecule has 3 aromatic rings. The molecule has 2 heterocycles. The first kappa shape index (κ1) is 16.1. The van der Waals surface area contributed by atoms with Gasteiger partial charge in [-0.05, 0) is 36.4 Å². The van der Waals surface area contributed by atoms with E-state index in [0.29, 0.717) is 22.1 Å². The van der Waals surface area contributed by atoms with Crippen LogP contribution in [0, 0.1) is 0 Å². The number of thioether (sulfide) groups is 1. The zero-order chi connectivity index (χ0) is 16.8. The molecule has 0 amide bonds. The van der Waals surface area contributed by atoms with Crippen LogP contribution in [0.25, 0.3) is 11.3 Å². The van der Waals surface area contributed by atoms with E-state index in [-0.39, 0.29) is 5.78 Å². The Bertz CT molecular complexity index is 823. The van der Waals surface area contributed by atoms with E-state index in [1.54, 1.807) is 37.7 Å². The topological polar surface area (TPSA) is 65.0 Å². The molecule has 0 spiro atoms. The van der Waals surface area contributed by atoms with E-state index in [2.05, 4.69) is 15.2 Å². The number of ether oxygens (including phenoxy) is 1. The van der Waals surface area contributed by atoms with Gasteiger partial charge in [0, 0.05) is 23.5 Å². The molecule has 0 saturated heterocycles. The minimum absolute atomic E-state index is 0.0250. The Hall–Kier alpha value is -2.73. The number of aromatic nitrogens is 3. The second-order valence-corrected chi connectivity index (χ2v) is 5.94. The van der Waals surface area contributed by atoms with E-state index in [9.17, 15) is 4.79 Å². The third kappa shape index (κ3) is 3.97. The zero-order valence-electron chi connectivity index (χ0n) is 13.0. The Kier molecular flexibility index (Phi) is 5.18. The van der Waals surface area contributed by atoms with Crippen molar-refractivity contribution in [3.05, 3.63) is 66.5 Å². The molecule has 0 unspecified atom stereocenters. The number of benzene rings is 1. The zero-order valence-corrected chi connectivity index (χ0v) is 13.9. The van der Waals surface area contributed by atoms with Crippen LogP contribution in [0.15, 0.2) is 66.0 Å². The number of ketones is 1. The van der Waals surface area contributed by atoms with Crippen LogP contribution in [0.5, 0.6) is 5.75 Å². The van der Waals surface area contributed by atoms with Crippen molar-refractivity contribution in [2.45, 2.75) is 5.03 Å². The Balaban J connectivity index is 1.63. The van der Waals surface area contributed by atoms with Gasteiger partial charge in [-0.25, -0.2) is 0 Å². The van der Waals surface area contributed by atoms with Crippen molar-refractivity contribution >= 4 is 17.5 Å². The molecule has 0 aliphatic rings. The molecule has 0 saturated carbocycles. The lowest BCUT2D eigenvalue weighted by Gasteiger charge is -2.04. The van der Waals surface area contributed by atoms with Gasteiger partial charge in [0.05, 0.1) is 18.6 Å². The molecule has 24 heavy (non-hydrogen) atoms. The summed E-state index contributed by atoms with van der Waals surface area (Å²) in [5, 5.41) is 9.05. The predicted octanol–water partition coefficient (Wildman–Crippen LogP) is 3.52. The van der Waals surface area contributed by atoms with E-state index in [0.717, 1.165) is 11.3 Å². The molecule has 5 nitrogen and oxygen atoms in total. The molecule has 0 bridgehead atoms. The Morgan fingerprint density at radius 2 is 2.04 bits per heavy atom. The lowest BCUT2D eigenvalue weighted by atomic mass is 10.1. The molecule has 3 rings (SSSR count). The monoisotopic (exact) mass is 337 g/mol. The molecule has 6 heteroatoms. The van der Waals surface area contributed by atoms with Crippen molar-refractivity contribution in [1.82, 2.24) is 15.2 Å². The normalized spacial score (nSPS) is 10.4. The highest BCUT2D eigenvalue weighted by Crippen LogP contribution is 2.21. The van der Waals surface area contributed by atoms with Crippen molar-refractivity contribution in [3.8, 4) is 17.0 Å². The number of pyridine rings is 1.